The minimum absolute atomic E-state index is 0.0356. The minimum atomic E-state index is -0.770. The second-order valence-electron chi connectivity index (χ2n) is 11.1. The predicted molar refractivity (Wildman–Crippen MR) is 147 cm³/mol. The molecule has 2 aliphatic rings. The molecule has 0 radical (unpaired) electrons. The molecule has 8 nitrogen and oxygen atoms in total. The van der Waals surface area contributed by atoms with E-state index >= 15 is 4.39 Å². The molecule has 1 aromatic carbocycles. The molecule has 4 N–H and O–H groups in total. The number of hydrogen-bond acceptors (Lipinski definition) is 8. The number of rotatable bonds is 7. The van der Waals surface area contributed by atoms with Gasteiger partial charge in [0, 0.05) is 41.1 Å². The van der Waals surface area contributed by atoms with Crippen LogP contribution in [-0.2, 0) is 0 Å². The monoisotopic (exact) mass is 528 g/mol. The van der Waals surface area contributed by atoms with Crippen LogP contribution in [0, 0.1) is 42.0 Å². The number of hydrogen-bond donors (Lipinski definition) is 4. The summed E-state index contributed by atoms with van der Waals surface area (Å²) in [6.07, 6.45) is 9.15. The van der Waals surface area contributed by atoms with Crippen LogP contribution >= 0.6 is 0 Å². The molecule has 2 aromatic heterocycles. The van der Waals surface area contributed by atoms with Crippen LogP contribution in [0.4, 0.5) is 20.2 Å². The number of nitriles is 1. The topological polar surface area (TPSA) is 101 Å². The number of halogens is 2. The molecule has 0 amide bonds. The van der Waals surface area contributed by atoms with E-state index in [1.165, 1.54) is 11.1 Å². The van der Waals surface area contributed by atoms with Crippen molar-refractivity contribution in [1.82, 2.24) is 25.9 Å². The lowest BCUT2D eigenvalue weighted by Crippen LogP contribution is -2.39. The van der Waals surface area contributed by atoms with Gasteiger partial charge in [-0.15, -0.1) is 12.0 Å². The summed E-state index contributed by atoms with van der Waals surface area (Å²) in [4.78, 5) is 8.43. The third kappa shape index (κ3) is 5.29. The van der Waals surface area contributed by atoms with Crippen molar-refractivity contribution in [2.24, 2.45) is 5.41 Å². The summed E-state index contributed by atoms with van der Waals surface area (Å²) in [7, 11) is 0. The van der Waals surface area contributed by atoms with Crippen LogP contribution in [0.1, 0.15) is 62.0 Å². The van der Waals surface area contributed by atoms with Crippen LogP contribution in [0.2, 0.25) is 0 Å². The number of hydrazine groups is 2. The van der Waals surface area contributed by atoms with Crippen molar-refractivity contribution >= 4 is 22.3 Å². The van der Waals surface area contributed by atoms with Crippen molar-refractivity contribution in [3.05, 3.63) is 70.4 Å². The number of benzene rings is 1. The van der Waals surface area contributed by atoms with Gasteiger partial charge in [0.15, 0.2) is 0 Å². The van der Waals surface area contributed by atoms with E-state index in [1.807, 2.05) is 6.07 Å². The van der Waals surface area contributed by atoms with Crippen LogP contribution in [0.25, 0.3) is 10.9 Å². The van der Waals surface area contributed by atoms with Gasteiger partial charge in [0.05, 0.1) is 28.4 Å². The van der Waals surface area contributed by atoms with Crippen molar-refractivity contribution in [2.45, 2.75) is 52.6 Å². The third-order valence-electron chi connectivity index (χ3n) is 6.70. The largest absolute Gasteiger partial charge is 0.383 e. The van der Waals surface area contributed by atoms with E-state index in [0.29, 0.717) is 51.2 Å². The number of aromatic nitrogens is 2. The van der Waals surface area contributed by atoms with Crippen LogP contribution in [0.15, 0.2) is 42.1 Å². The molecule has 0 saturated heterocycles. The van der Waals surface area contributed by atoms with Crippen LogP contribution in [0.3, 0.4) is 0 Å². The summed E-state index contributed by atoms with van der Waals surface area (Å²) in [5, 5.41) is 18.9. The standard InChI is InChI=1S/C29H30F2N8/c1-6-17-14-33-25-18(13-32)11-19(12-22(25)24(17)34-15-29(3,4)5)36-26(21-9-10-23(30)35-16(21)2)27-28(31)39(38-37-27)20-7-8-20/h1,9-12,14,20,26,36-38H,7-8,15H2,2-5H3,(H,33,34)/t26-/m0/s1. The van der Waals surface area contributed by atoms with Gasteiger partial charge in [-0.1, -0.05) is 32.8 Å². The summed E-state index contributed by atoms with van der Waals surface area (Å²) in [6.45, 7) is 8.61. The Bertz CT molecular complexity index is 1560. The molecular formula is C29H30F2N8. The molecule has 1 aliphatic carbocycles. The third-order valence-corrected chi connectivity index (χ3v) is 6.70. The number of pyridine rings is 2. The molecule has 1 fully saturated rings. The van der Waals surface area contributed by atoms with E-state index in [-0.39, 0.29) is 17.2 Å². The summed E-state index contributed by atoms with van der Waals surface area (Å²) >= 11 is 0. The number of nitrogens with one attached hydrogen (secondary N) is 4. The van der Waals surface area contributed by atoms with E-state index in [1.54, 1.807) is 25.3 Å². The van der Waals surface area contributed by atoms with Gasteiger partial charge >= 0.3 is 0 Å². The van der Waals surface area contributed by atoms with Crippen molar-refractivity contribution in [3.8, 4) is 18.4 Å². The highest BCUT2D eigenvalue weighted by Gasteiger charge is 2.39. The van der Waals surface area contributed by atoms with Gasteiger partial charge in [0.1, 0.15) is 11.8 Å². The lowest BCUT2D eigenvalue weighted by atomic mass is 9.96. The second kappa shape index (κ2) is 10.0. The van der Waals surface area contributed by atoms with E-state index < -0.39 is 17.9 Å². The first-order valence-corrected chi connectivity index (χ1v) is 12.8. The molecule has 0 bridgehead atoms. The average Bonchev–Trinajstić information content (AvgIpc) is 3.66. The van der Waals surface area contributed by atoms with Gasteiger partial charge in [-0.2, -0.15) is 14.0 Å². The smallest absolute Gasteiger partial charge is 0.228 e. The molecule has 0 unspecified atom stereocenters. The Kier molecular flexibility index (Phi) is 6.75. The van der Waals surface area contributed by atoms with E-state index in [9.17, 15) is 9.65 Å². The molecule has 200 valence electrons. The quantitative estimate of drug-likeness (QED) is 0.189. The highest BCUT2D eigenvalue weighted by atomic mass is 19.1. The summed E-state index contributed by atoms with van der Waals surface area (Å²) in [5.74, 6) is 1.60. The summed E-state index contributed by atoms with van der Waals surface area (Å²) < 4.78 is 29.5. The zero-order valence-electron chi connectivity index (χ0n) is 22.3. The molecule has 3 heterocycles. The van der Waals surface area contributed by atoms with E-state index in [4.69, 9.17) is 6.42 Å². The van der Waals surface area contributed by atoms with Gasteiger partial charge < -0.3 is 16.1 Å². The molecule has 5 rings (SSSR count). The van der Waals surface area contributed by atoms with E-state index in [2.05, 4.69) is 64.3 Å². The number of terminal acetylenes is 1. The van der Waals surface area contributed by atoms with Crippen molar-refractivity contribution < 1.29 is 8.78 Å². The Hall–Kier alpha value is -4.41. The van der Waals surface area contributed by atoms with Crippen LogP contribution in [-0.4, -0.2) is 27.6 Å². The lowest BCUT2D eigenvalue weighted by Gasteiger charge is -2.24. The summed E-state index contributed by atoms with van der Waals surface area (Å²) in [5.41, 5.74) is 9.66. The van der Waals surface area contributed by atoms with Gasteiger partial charge in [0.2, 0.25) is 11.9 Å². The highest BCUT2D eigenvalue weighted by Crippen LogP contribution is 2.38. The minimum Gasteiger partial charge on any atom is -0.383 e. The fourth-order valence-corrected chi connectivity index (χ4v) is 4.57. The maximum atomic E-state index is 15.6. The van der Waals surface area contributed by atoms with Gasteiger partial charge in [-0.25, -0.2) is 4.98 Å². The number of aryl methyl sites for hydroxylation is 1. The van der Waals surface area contributed by atoms with Crippen molar-refractivity contribution in [2.75, 3.05) is 17.2 Å². The van der Waals surface area contributed by atoms with Gasteiger partial charge in [-0.05, 0) is 43.4 Å². The molecule has 1 aliphatic heterocycles. The van der Waals surface area contributed by atoms with Crippen LogP contribution in [0.5, 0.6) is 0 Å². The zero-order valence-corrected chi connectivity index (χ0v) is 22.3. The first-order valence-electron chi connectivity index (χ1n) is 12.8. The fourth-order valence-electron chi connectivity index (χ4n) is 4.57. The Morgan fingerprint density at radius 2 is 2.00 bits per heavy atom. The molecule has 10 heteroatoms. The normalized spacial score (nSPS) is 16.1. The molecule has 1 atom stereocenters. The Balaban J connectivity index is 1.64. The van der Waals surface area contributed by atoms with Crippen LogP contribution < -0.4 is 21.6 Å². The van der Waals surface area contributed by atoms with E-state index in [0.717, 1.165) is 12.8 Å². The number of fused-ring (bicyclic) bond motifs is 1. The number of anilines is 2. The highest BCUT2D eigenvalue weighted by molar-refractivity contribution is 5.99. The van der Waals surface area contributed by atoms with Crippen molar-refractivity contribution in [1.29, 1.82) is 5.26 Å². The molecule has 39 heavy (non-hydrogen) atoms. The Labute approximate surface area is 226 Å². The molecule has 3 aromatic rings. The second-order valence-corrected chi connectivity index (χ2v) is 11.1. The molecular weight excluding hydrogens is 498 g/mol. The molecule has 0 spiro atoms. The maximum absolute atomic E-state index is 15.6. The number of nitrogens with zero attached hydrogens (tertiary/aromatic N) is 4. The molecule has 1 saturated carbocycles. The van der Waals surface area contributed by atoms with Crippen molar-refractivity contribution in [3.63, 3.8) is 0 Å². The fraction of sp³-hybridized carbons (Fsp3) is 0.345. The lowest BCUT2D eigenvalue weighted by molar-refractivity contribution is 0.195. The SMILES string of the molecule is C#Cc1cnc2c(C#N)cc(N[C@H](C3=C(F)N(C4CC4)NN3)c3ccc(F)nc3C)cc2c1NCC(C)(C)C. The summed E-state index contributed by atoms with van der Waals surface area (Å²) in [6, 6.07) is 7.85. The Morgan fingerprint density at radius 3 is 2.64 bits per heavy atom. The average molecular weight is 529 g/mol. The predicted octanol–water partition coefficient (Wildman–Crippen LogP) is 5.17. The Morgan fingerprint density at radius 1 is 1.23 bits per heavy atom. The first kappa shape index (κ1) is 26.2. The van der Waals surface area contributed by atoms with Gasteiger partial charge in [-0.3, -0.25) is 9.99 Å². The zero-order chi connectivity index (χ0) is 27.9. The maximum Gasteiger partial charge on any atom is 0.228 e. The van der Waals surface area contributed by atoms with Gasteiger partial charge in [0.25, 0.3) is 0 Å². The first-order chi connectivity index (χ1) is 18.6.